The van der Waals surface area contributed by atoms with E-state index < -0.39 is 17.7 Å². The maximum absolute atomic E-state index is 13.1. The average molecular weight is 359 g/mol. The number of carbonyl (C=O) groups is 1. The summed E-state index contributed by atoms with van der Waals surface area (Å²) in [5, 5.41) is 18.0. The Morgan fingerprint density at radius 1 is 1.15 bits per heavy atom. The van der Waals surface area contributed by atoms with Gasteiger partial charge in [-0.3, -0.25) is 4.99 Å². The van der Waals surface area contributed by atoms with Crippen molar-refractivity contribution in [3.05, 3.63) is 70.8 Å². The molecule has 0 aliphatic rings. The summed E-state index contributed by atoms with van der Waals surface area (Å²) in [7, 11) is 0. The molecule has 0 aromatic heterocycles. The zero-order valence-corrected chi connectivity index (χ0v) is 13.2. The van der Waals surface area contributed by atoms with Crippen LogP contribution >= 0.6 is 0 Å². The third kappa shape index (κ3) is 4.27. The number of nitrogens with two attached hydrogens (primary N) is 1. The zero-order chi connectivity index (χ0) is 19.3. The van der Waals surface area contributed by atoms with Crippen molar-refractivity contribution in [2.45, 2.75) is 6.18 Å². The molecule has 5 nitrogen and oxygen atoms in total. The van der Waals surface area contributed by atoms with Crippen LogP contribution in [0.25, 0.3) is 5.70 Å². The molecule has 0 fully saturated rings. The van der Waals surface area contributed by atoms with E-state index in [1.807, 2.05) is 0 Å². The lowest BCUT2D eigenvalue weighted by Crippen LogP contribution is -2.12. The topological polar surface area (TPSA) is 99.5 Å². The molecule has 2 aromatic carbocycles. The van der Waals surface area contributed by atoms with E-state index in [2.05, 4.69) is 4.99 Å². The fourth-order valence-corrected chi connectivity index (χ4v) is 2.10. The largest absolute Gasteiger partial charge is 0.478 e. The van der Waals surface area contributed by atoms with Crippen LogP contribution in [0.2, 0.25) is 0 Å². The van der Waals surface area contributed by atoms with Crippen LogP contribution in [0.5, 0.6) is 0 Å². The number of rotatable bonds is 4. The molecule has 26 heavy (non-hydrogen) atoms. The maximum atomic E-state index is 13.1. The molecule has 0 aliphatic carbocycles. The van der Waals surface area contributed by atoms with Crippen LogP contribution < -0.4 is 5.73 Å². The van der Waals surface area contributed by atoms with Gasteiger partial charge >= 0.3 is 12.1 Å². The summed E-state index contributed by atoms with van der Waals surface area (Å²) in [6, 6.07) is 11.8. The second-order valence-corrected chi connectivity index (χ2v) is 5.09. The fourth-order valence-electron chi connectivity index (χ4n) is 2.10. The highest BCUT2D eigenvalue weighted by Gasteiger charge is 2.33. The summed E-state index contributed by atoms with van der Waals surface area (Å²) in [5.41, 5.74) is 4.27. The molecule has 0 amide bonds. The second-order valence-electron chi connectivity index (χ2n) is 5.09. The van der Waals surface area contributed by atoms with Gasteiger partial charge in [0.1, 0.15) is 6.07 Å². The van der Waals surface area contributed by atoms with Crippen molar-refractivity contribution < 1.29 is 23.1 Å². The Bertz CT molecular complexity index is 924. The number of carboxylic acids is 1. The van der Waals surface area contributed by atoms with Crippen LogP contribution in [-0.2, 0) is 6.18 Å². The van der Waals surface area contributed by atoms with Crippen LogP contribution in [0.15, 0.2) is 59.1 Å². The first kappa shape index (κ1) is 18.7. The summed E-state index contributed by atoms with van der Waals surface area (Å²) in [5.74, 6) is -1.11. The molecular formula is C18H12F3N3O2. The van der Waals surface area contributed by atoms with Gasteiger partial charge in [-0.1, -0.05) is 18.2 Å². The summed E-state index contributed by atoms with van der Waals surface area (Å²) in [6.45, 7) is 0. The highest BCUT2D eigenvalue weighted by atomic mass is 19.4. The predicted molar refractivity (Wildman–Crippen MR) is 89.7 cm³/mol. The molecule has 2 aromatic rings. The standard InChI is InChI=1S/C18H12F3N3O2/c19-18(20,21)15-4-2-1-3-14(15)16(23)12(9-22)10-24-13-7-5-11(6-8-13)17(25)26/h1-8,10H,23H2,(H,25,26)/b16-12-,24-10?. The Kier molecular flexibility index (Phi) is 5.42. The van der Waals surface area contributed by atoms with Gasteiger partial charge in [-0.05, 0) is 30.3 Å². The number of aliphatic imine (C=N–C) groups is 1. The number of hydrogen-bond donors (Lipinski definition) is 2. The molecule has 0 atom stereocenters. The first-order valence-corrected chi connectivity index (χ1v) is 7.18. The van der Waals surface area contributed by atoms with Gasteiger partial charge in [-0.25, -0.2) is 4.79 Å². The minimum atomic E-state index is -4.62. The van der Waals surface area contributed by atoms with Gasteiger partial charge in [0.2, 0.25) is 0 Å². The summed E-state index contributed by atoms with van der Waals surface area (Å²) < 4.78 is 39.3. The third-order valence-electron chi connectivity index (χ3n) is 3.39. The number of allylic oxidation sites excluding steroid dienone is 1. The van der Waals surface area contributed by atoms with Crippen molar-refractivity contribution in [1.82, 2.24) is 0 Å². The smallest absolute Gasteiger partial charge is 0.417 e. The van der Waals surface area contributed by atoms with E-state index in [4.69, 9.17) is 10.8 Å². The molecule has 0 radical (unpaired) electrons. The molecule has 0 spiro atoms. The first-order valence-electron chi connectivity index (χ1n) is 7.18. The van der Waals surface area contributed by atoms with Gasteiger partial charge < -0.3 is 10.8 Å². The second kappa shape index (κ2) is 7.53. The third-order valence-corrected chi connectivity index (χ3v) is 3.39. The van der Waals surface area contributed by atoms with E-state index in [9.17, 15) is 23.2 Å². The number of aromatic carboxylic acids is 1. The van der Waals surface area contributed by atoms with Crippen LogP contribution in [0.3, 0.4) is 0 Å². The van der Waals surface area contributed by atoms with E-state index in [-0.39, 0.29) is 22.4 Å². The lowest BCUT2D eigenvalue weighted by Gasteiger charge is -2.13. The highest BCUT2D eigenvalue weighted by Crippen LogP contribution is 2.34. The van der Waals surface area contributed by atoms with Crippen molar-refractivity contribution >= 4 is 23.6 Å². The molecule has 0 aliphatic heterocycles. The number of nitriles is 1. The quantitative estimate of drug-likeness (QED) is 0.636. The van der Waals surface area contributed by atoms with Crippen molar-refractivity contribution in [3.8, 4) is 6.07 Å². The van der Waals surface area contributed by atoms with E-state index in [0.717, 1.165) is 12.3 Å². The monoisotopic (exact) mass is 359 g/mol. The SMILES string of the molecule is N#C/C(C=Nc1ccc(C(=O)O)cc1)=C(/N)c1ccccc1C(F)(F)F. The lowest BCUT2D eigenvalue weighted by atomic mass is 10.0. The summed E-state index contributed by atoms with van der Waals surface area (Å²) in [4.78, 5) is 14.7. The maximum Gasteiger partial charge on any atom is 0.417 e. The van der Waals surface area contributed by atoms with Crippen molar-refractivity contribution in [2.75, 3.05) is 0 Å². The zero-order valence-electron chi connectivity index (χ0n) is 13.2. The minimum absolute atomic E-state index is 0.0543. The van der Waals surface area contributed by atoms with E-state index in [1.165, 1.54) is 42.5 Å². The molecule has 0 saturated heterocycles. The molecule has 3 N–H and O–H groups in total. The molecule has 0 unspecified atom stereocenters. The number of hydrogen-bond acceptors (Lipinski definition) is 4. The van der Waals surface area contributed by atoms with Crippen molar-refractivity contribution in [3.63, 3.8) is 0 Å². The van der Waals surface area contributed by atoms with Crippen LogP contribution in [0.1, 0.15) is 21.5 Å². The normalized spacial score (nSPS) is 12.5. The molecule has 132 valence electrons. The van der Waals surface area contributed by atoms with Crippen molar-refractivity contribution in [1.29, 1.82) is 5.26 Å². The lowest BCUT2D eigenvalue weighted by molar-refractivity contribution is -0.137. The van der Waals surface area contributed by atoms with Crippen LogP contribution in [0, 0.1) is 11.3 Å². The number of nitrogens with zero attached hydrogens (tertiary/aromatic N) is 2. The summed E-state index contributed by atoms with van der Waals surface area (Å²) >= 11 is 0. The number of alkyl halides is 3. The molecular weight excluding hydrogens is 347 g/mol. The molecule has 0 heterocycles. The predicted octanol–water partition coefficient (Wildman–Crippen LogP) is 4.00. The first-order chi connectivity index (χ1) is 12.2. The van der Waals surface area contributed by atoms with Crippen molar-refractivity contribution in [2.24, 2.45) is 10.7 Å². The van der Waals surface area contributed by atoms with E-state index in [0.29, 0.717) is 5.69 Å². The number of benzene rings is 2. The van der Waals surface area contributed by atoms with Gasteiger partial charge in [-0.2, -0.15) is 18.4 Å². The van der Waals surface area contributed by atoms with Gasteiger partial charge in [0, 0.05) is 11.8 Å². The van der Waals surface area contributed by atoms with E-state index in [1.54, 1.807) is 6.07 Å². The Morgan fingerprint density at radius 3 is 2.31 bits per heavy atom. The minimum Gasteiger partial charge on any atom is -0.478 e. The number of halogens is 3. The van der Waals surface area contributed by atoms with Crippen LogP contribution in [0.4, 0.5) is 18.9 Å². The highest BCUT2D eigenvalue weighted by molar-refractivity contribution is 5.96. The Hall–Kier alpha value is -3.60. The fraction of sp³-hybridized carbons (Fsp3) is 0.0556. The van der Waals surface area contributed by atoms with Crippen LogP contribution in [-0.4, -0.2) is 17.3 Å². The summed E-state index contributed by atoms with van der Waals surface area (Å²) in [6.07, 6.45) is -3.58. The molecule has 2 rings (SSSR count). The van der Waals surface area contributed by atoms with Gasteiger partial charge in [0.05, 0.1) is 28.1 Å². The molecule has 0 bridgehead atoms. The van der Waals surface area contributed by atoms with Gasteiger partial charge in [-0.15, -0.1) is 0 Å². The average Bonchev–Trinajstić information content (AvgIpc) is 2.61. The van der Waals surface area contributed by atoms with Gasteiger partial charge in [0.15, 0.2) is 0 Å². The van der Waals surface area contributed by atoms with E-state index >= 15 is 0 Å². The van der Waals surface area contributed by atoms with Gasteiger partial charge in [0.25, 0.3) is 0 Å². The number of carboxylic acid groups (broad SMARTS) is 1. The molecule has 0 saturated carbocycles. The Balaban J connectivity index is 2.41. The Labute approximate surface area is 146 Å². The molecule has 8 heteroatoms. The Morgan fingerprint density at radius 2 is 1.77 bits per heavy atom.